The van der Waals surface area contributed by atoms with Gasteiger partial charge in [-0.15, -0.1) is 0 Å². The summed E-state index contributed by atoms with van der Waals surface area (Å²) >= 11 is 0. The molecule has 0 spiro atoms. The lowest BCUT2D eigenvalue weighted by Crippen LogP contribution is -2.16. The van der Waals surface area contributed by atoms with Gasteiger partial charge in [-0.3, -0.25) is 0 Å². The van der Waals surface area contributed by atoms with Gasteiger partial charge in [0, 0.05) is 11.6 Å². The lowest BCUT2D eigenvalue weighted by atomic mass is 9.96. The molecule has 1 nitrogen and oxygen atoms in total. The lowest BCUT2D eigenvalue weighted by molar-refractivity contribution is 0.539. The number of hydrogen-bond donors (Lipinski definition) is 1. The number of rotatable bonds is 3. The van der Waals surface area contributed by atoms with Crippen LogP contribution in [0.25, 0.3) is 0 Å². The van der Waals surface area contributed by atoms with Gasteiger partial charge in [0.25, 0.3) is 0 Å². The Balaban J connectivity index is 2.27. The molecule has 0 amide bonds. The van der Waals surface area contributed by atoms with Crippen LogP contribution in [0.1, 0.15) is 22.7 Å². The predicted octanol–water partition coefficient (Wildman–Crippen LogP) is 3.52. The van der Waals surface area contributed by atoms with Crippen LogP contribution >= 0.6 is 0 Å². The smallest absolute Gasteiger partial charge is 0.129 e. The minimum Gasteiger partial charge on any atom is -0.324 e. The van der Waals surface area contributed by atoms with E-state index in [1.807, 2.05) is 31.2 Å². The summed E-state index contributed by atoms with van der Waals surface area (Å²) in [7, 11) is 0. The first-order chi connectivity index (χ1) is 8.59. The van der Waals surface area contributed by atoms with Gasteiger partial charge in [0.1, 0.15) is 11.6 Å². The average Bonchev–Trinajstić information content (AvgIpc) is 2.34. The third-order valence-corrected chi connectivity index (χ3v) is 3.07. The molecule has 2 aromatic rings. The highest BCUT2D eigenvalue weighted by Crippen LogP contribution is 2.22. The fourth-order valence-corrected chi connectivity index (χ4v) is 2.06. The molecular weight excluding hydrogens is 232 g/mol. The molecule has 0 aromatic heterocycles. The van der Waals surface area contributed by atoms with E-state index < -0.39 is 17.7 Å². The quantitative estimate of drug-likeness (QED) is 0.882. The van der Waals surface area contributed by atoms with E-state index in [4.69, 9.17) is 5.73 Å². The largest absolute Gasteiger partial charge is 0.324 e. The first-order valence-corrected chi connectivity index (χ1v) is 5.83. The molecule has 2 N–H and O–H groups in total. The number of halogens is 2. The Kier molecular flexibility index (Phi) is 3.72. The van der Waals surface area contributed by atoms with E-state index in [1.165, 1.54) is 18.2 Å². The van der Waals surface area contributed by atoms with Crippen molar-refractivity contribution in [2.45, 2.75) is 19.4 Å². The standard InChI is InChI=1S/C15H15F2N/c1-10-5-2-3-6-11(10)15(18)9-12-13(16)7-4-8-14(12)17/h2-8,15H,9,18H2,1H3. The summed E-state index contributed by atoms with van der Waals surface area (Å²) in [5, 5.41) is 0. The fraction of sp³-hybridized carbons (Fsp3) is 0.200. The zero-order chi connectivity index (χ0) is 13.1. The normalized spacial score (nSPS) is 12.4. The molecule has 0 aliphatic rings. The van der Waals surface area contributed by atoms with Crippen LogP contribution in [0.4, 0.5) is 8.78 Å². The second kappa shape index (κ2) is 5.27. The Morgan fingerprint density at radius 3 is 2.22 bits per heavy atom. The van der Waals surface area contributed by atoms with Gasteiger partial charge in [-0.1, -0.05) is 30.3 Å². The van der Waals surface area contributed by atoms with Gasteiger partial charge in [0.2, 0.25) is 0 Å². The van der Waals surface area contributed by atoms with Crippen LogP contribution in [0.15, 0.2) is 42.5 Å². The summed E-state index contributed by atoms with van der Waals surface area (Å²) in [5.74, 6) is -1.09. The molecule has 0 radical (unpaired) electrons. The first-order valence-electron chi connectivity index (χ1n) is 5.83. The molecule has 18 heavy (non-hydrogen) atoms. The Morgan fingerprint density at radius 2 is 1.61 bits per heavy atom. The molecule has 3 heteroatoms. The zero-order valence-electron chi connectivity index (χ0n) is 10.2. The molecule has 1 atom stereocenters. The average molecular weight is 247 g/mol. The van der Waals surface area contributed by atoms with Crippen molar-refractivity contribution in [2.75, 3.05) is 0 Å². The molecule has 0 bridgehead atoms. The van der Waals surface area contributed by atoms with Crippen LogP contribution in [-0.4, -0.2) is 0 Å². The van der Waals surface area contributed by atoms with Gasteiger partial charge in [0.05, 0.1) is 0 Å². The molecular formula is C15H15F2N. The number of benzene rings is 2. The van der Waals surface area contributed by atoms with E-state index in [0.29, 0.717) is 0 Å². The SMILES string of the molecule is Cc1ccccc1C(N)Cc1c(F)cccc1F. The van der Waals surface area contributed by atoms with E-state index in [0.717, 1.165) is 11.1 Å². The molecule has 1 unspecified atom stereocenters. The van der Waals surface area contributed by atoms with E-state index in [-0.39, 0.29) is 12.0 Å². The van der Waals surface area contributed by atoms with Crippen molar-refractivity contribution >= 4 is 0 Å². The Morgan fingerprint density at radius 1 is 1.00 bits per heavy atom. The van der Waals surface area contributed by atoms with Crippen LogP contribution in [0.2, 0.25) is 0 Å². The molecule has 2 aromatic carbocycles. The summed E-state index contributed by atoms with van der Waals surface area (Å²) in [4.78, 5) is 0. The topological polar surface area (TPSA) is 26.0 Å². The maximum atomic E-state index is 13.5. The van der Waals surface area contributed by atoms with Crippen molar-refractivity contribution in [3.63, 3.8) is 0 Å². The highest BCUT2D eigenvalue weighted by molar-refractivity contribution is 5.31. The maximum absolute atomic E-state index is 13.5. The van der Waals surface area contributed by atoms with Gasteiger partial charge in [-0.25, -0.2) is 8.78 Å². The fourth-order valence-electron chi connectivity index (χ4n) is 2.06. The van der Waals surface area contributed by atoms with E-state index in [1.54, 1.807) is 0 Å². The molecule has 0 heterocycles. The second-order valence-electron chi connectivity index (χ2n) is 4.37. The highest BCUT2D eigenvalue weighted by Gasteiger charge is 2.15. The third-order valence-electron chi connectivity index (χ3n) is 3.07. The Hall–Kier alpha value is -1.74. The summed E-state index contributed by atoms with van der Waals surface area (Å²) in [5.41, 5.74) is 8.03. The molecule has 0 saturated carbocycles. The molecule has 94 valence electrons. The maximum Gasteiger partial charge on any atom is 0.129 e. The van der Waals surface area contributed by atoms with E-state index >= 15 is 0 Å². The van der Waals surface area contributed by atoms with Crippen molar-refractivity contribution in [2.24, 2.45) is 5.73 Å². The van der Waals surface area contributed by atoms with Gasteiger partial charge in [-0.2, -0.15) is 0 Å². The van der Waals surface area contributed by atoms with E-state index in [9.17, 15) is 8.78 Å². The summed E-state index contributed by atoms with van der Waals surface area (Å²) in [6, 6.07) is 11.1. The van der Waals surface area contributed by atoms with Crippen LogP contribution in [0.5, 0.6) is 0 Å². The zero-order valence-corrected chi connectivity index (χ0v) is 10.2. The van der Waals surface area contributed by atoms with Gasteiger partial charge < -0.3 is 5.73 Å². The monoisotopic (exact) mass is 247 g/mol. The van der Waals surface area contributed by atoms with Crippen molar-refractivity contribution in [3.8, 4) is 0 Å². The number of aryl methyl sites for hydroxylation is 1. The summed E-state index contributed by atoms with van der Waals surface area (Å²) < 4.78 is 27.1. The minimum absolute atomic E-state index is 0.0493. The van der Waals surface area contributed by atoms with Crippen molar-refractivity contribution in [1.82, 2.24) is 0 Å². The van der Waals surface area contributed by atoms with Gasteiger partial charge >= 0.3 is 0 Å². The van der Waals surface area contributed by atoms with Crippen molar-refractivity contribution in [3.05, 3.63) is 70.8 Å². The van der Waals surface area contributed by atoms with Crippen molar-refractivity contribution in [1.29, 1.82) is 0 Å². The number of hydrogen-bond acceptors (Lipinski definition) is 1. The van der Waals surface area contributed by atoms with Crippen LogP contribution in [0, 0.1) is 18.6 Å². The number of nitrogens with two attached hydrogens (primary N) is 1. The van der Waals surface area contributed by atoms with Crippen molar-refractivity contribution < 1.29 is 8.78 Å². The van der Waals surface area contributed by atoms with Gasteiger partial charge in [-0.05, 0) is 36.6 Å². The third kappa shape index (κ3) is 2.57. The lowest BCUT2D eigenvalue weighted by Gasteiger charge is -2.15. The summed E-state index contributed by atoms with van der Waals surface area (Å²) in [6.45, 7) is 1.94. The first kappa shape index (κ1) is 12.7. The molecule has 0 saturated heterocycles. The Bertz CT molecular complexity index is 532. The minimum atomic E-state index is -0.543. The van der Waals surface area contributed by atoms with Crippen LogP contribution in [-0.2, 0) is 6.42 Å². The molecule has 0 aliphatic carbocycles. The predicted molar refractivity (Wildman–Crippen MR) is 68.2 cm³/mol. The second-order valence-corrected chi connectivity index (χ2v) is 4.37. The van der Waals surface area contributed by atoms with Crippen LogP contribution < -0.4 is 5.73 Å². The van der Waals surface area contributed by atoms with Gasteiger partial charge in [0.15, 0.2) is 0 Å². The summed E-state index contributed by atoms with van der Waals surface area (Å²) in [6.07, 6.45) is 0.156. The van der Waals surface area contributed by atoms with Crippen LogP contribution in [0.3, 0.4) is 0 Å². The van der Waals surface area contributed by atoms with E-state index in [2.05, 4.69) is 0 Å². The highest BCUT2D eigenvalue weighted by atomic mass is 19.1. The molecule has 0 aliphatic heterocycles. The Labute approximate surface area is 105 Å². The molecule has 0 fully saturated rings. The molecule has 2 rings (SSSR count).